The lowest BCUT2D eigenvalue weighted by molar-refractivity contribution is 0.409. The molecular weight excluding hydrogens is 393 g/mol. The molecule has 2 aromatic carbocycles. The first-order valence-corrected chi connectivity index (χ1v) is 7.05. The Bertz CT molecular complexity index is 698. The third kappa shape index (κ3) is 2.94. The Balaban J connectivity index is 2.44. The van der Waals surface area contributed by atoms with Crippen LogP contribution in [0.15, 0.2) is 39.3 Å². The Hall–Kier alpha value is -1.58. The van der Waals surface area contributed by atoms with Crippen molar-refractivity contribution in [3.63, 3.8) is 0 Å². The van der Waals surface area contributed by atoms with Gasteiger partial charge < -0.3 is 9.47 Å². The maximum absolute atomic E-state index is 13.5. The fraction of sp³-hybridized carbons (Fsp3) is 0.0714. The SMILES string of the molecule is COc1cc(Br)c(Oc2cccc(F)c2C#N)cc1Br. The highest BCUT2D eigenvalue weighted by Gasteiger charge is 2.13. The van der Waals surface area contributed by atoms with Crippen molar-refractivity contribution in [1.82, 2.24) is 0 Å². The second-order valence-electron chi connectivity index (χ2n) is 3.74. The summed E-state index contributed by atoms with van der Waals surface area (Å²) in [6.45, 7) is 0. The van der Waals surface area contributed by atoms with E-state index in [-0.39, 0.29) is 11.3 Å². The van der Waals surface area contributed by atoms with Gasteiger partial charge in [0.1, 0.15) is 34.7 Å². The van der Waals surface area contributed by atoms with E-state index in [1.807, 2.05) is 0 Å². The van der Waals surface area contributed by atoms with Crippen molar-refractivity contribution >= 4 is 31.9 Å². The number of benzene rings is 2. The standard InChI is InChI=1S/C14H8Br2FNO2/c1-19-13-5-10(16)14(6-9(13)15)20-12-4-2-3-11(17)8(12)7-18/h2-6H,1H3. The summed E-state index contributed by atoms with van der Waals surface area (Å²) in [5, 5.41) is 8.97. The van der Waals surface area contributed by atoms with Gasteiger partial charge in [-0.1, -0.05) is 6.07 Å². The summed E-state index contributed by atoms with van der Waals surface area (Å²) >= 11 is 6.68. The van der Waals surface area contributed by atoms with Gasteiger partial charge in [-0.3, -0.25) is 0 Å². The number of hydrogen-bond donors (Lipinski definition) is 0. The Morgan fingerprint density at radius 3 is 2.40 bits per heavy atom. The molecule has 0 N–H and O–H groups in total. The predicted molar refractivity (Wildman–Crippen MR) is 79.6 cm³/mol. The van der Waals surface area contributed by atoms with E-state index in [9.17, 15) is 4.39 Å². The highest BCUT2D eigenvalue weighted by molar-refractivity contribution is 9.11. The predicted octanol–water partition coefficient (Wildman–Crippen LogP) is 5.02. The van der Waals surface area contributed by atoms with Crippen molar-refractivity contribution in [1.29, 1.82) is 5.26 Å². The average molecular weight is 401 g/mol. The monoisotopic (exact) mass is 399 g/mol. The van der Waals surface area contributed by atoms with Gasteiger partial charge in [-0.05, 0) is 56.1 Å². The first-order valence-electron chi connectivity index (χ1n) is 5.46. The molecule has 0 atom stereocenters. The van der Waals surface area contributed by atoms with Gasteiger partial charge in [-0.15, -0.1) is 0 Å². The Morgan fingerprint density at radius 2 is 1.75 bits per heavy atom. The van der Waals surface area contributed by atoms with Crippen molar-refractivity contribution in [2.24, 2.45) is 0 Å². The first-order chi connectivity index (χ1) is 9.56. The van der Waals surface area contributed by atoms with Gasteiger partial charge in [0.05, 0.1) is 16.1 Å². The molecule has 0 bridgehead atoms. The molecule has 20 heavy (non-hydrogen) atoms. The van der Waals surface area contributed by atoms with E-state index in [0.717, 1.165) is 0 Å². The van der Waals surface area contributed by atoms with Gasteiger partial charge in [0.2, 0.25) is 0 Å². The normalized spacial score (nSPS) is 9.95. The molecule has 6 heteroatoms. The van der Waals surface area contributed by atoms with Crippen LogP contribution >= 0.6 is 31.9 Å². The lowest BCUT2D eigenvalue weighted by Gasteiger charge is -2.12. The maximum Gasteiger partial charge on any atom is 0.148 e. The second-order valence-corrected chi connectivity index (χ2v) is 5.45. The number of rotatable bonds is 3. The highest BCUT2D eigenvalue weighted by Crippen LogP contribution is 2.38. The lowest BCUT2D eigenvalue weighted by Crippen LogP contribution is -1.93. The van der Waals surface area contributed by atoms with Crippen LogP contribution in [0.25, 0.3) is 0 Å². The van der Waals surface area contributed by atoms with E-state index in [1.165, 1.54) is 18.2 Å². The molecule has 0 heterocycles. The summed E-state index contributed by atoms with van der Waals surface area (Å²) in [6.07, 6.45) is 0. The zero-order valence-electron chi connectivity index (χ0n) is 10.3. The zero-order chi connectivity index (χ0) is 14.7. The van der Waals surface area contributed by atoms with Crippen LogP contribution in [0.2, 0.25) is 0 Å². The number of methoxy groups -OCH3 is 1. The van der Waals surface area contributed by atoms with E-state index in [4.69, 9.17) is 14.7 Å². The van der Waals surface area contributed by atoms with Crippen LogP contribution in [0.5, 0.6) is 17.2 Å². The van der Waals surface area contributed by atoms with Crippen LogP contribution < -0.4 is 9.47 Å². The van der Waals surface area contributed by atoms with Crippen molar-refractivity contribution in [3.05, 3.63) is 50.7 Å². The third-order valence-corrected chi connectivity index (χ3v) is 3.75. The summed E-state index contributed by atoms with van der Waals surface area (Å²) in [4.78, 5) is 0. The van der Waals surface area contributed by atoms with Crippen molar-refractivity contribution < 1.29 is 13.9 Å². The molecule has 0 amide bonds. The largest absolute Gasteiger partial charge is 0.496 e. The first kappa shape index (κ1) is 14.8. The zero-order valence-corrected chi connectivity index (χ0v) is 13.5. The van der Waals surface area contributed by atoms with E-state index in [1.54, 1.807) is 25.3 Å². The molecule has 0 saturated carbocycles. The van der Waals surface area contributed by atoms with Crippen molar-refractivity contribution in [2.45, 2.75) is 0 Å². The van der Waals surface area contributed by atoms with Gasteiger partial charge in [0, 0.05) is 0 Å². The molecule has 2 aromatic rings. The quantitative estimate of drug-likeness (QED) is 0.726. The van der Waals surface area contributed by atoms with Crippen LogP contribution in [-0.2, 0) is 0 Å². The van der Waals surface area contributed by atoms with E-state index in [0.29, 0.717) is 20.4 Å². The fourth-order valence-corrected chi connectivity index (χ4v) is 2.45. The van der Waals surface area contributed by atoms with Gasteiger partial charge in [-0.2, -0.15) is 5.26 Å². The Kier molecular flexibility index (Phi) is 4.63. The summed E-state index contributed by atoms with van der Waals surface area (Å²) in [5.74, 6) is 0.614. The molecular formula is C14H8Br2FNO2. The number of halogens is 3. The van der Waals surface area contributed by atoms with Gasteiger partial charge in [0.25, 0.3) is 0 Å². The molecule has 0 aliphatic heterocycles. The fourth-order valence-electron chi connectivity index (χ4n) is 1.56. The summed E-state index contributed by atoms with van der Waals surface area (Å²) in [7, 11) is 1.55. The number of nitriles is 1. The van der Waals surface area contributed by atoms with Gasteiger partial charge in [-0.25, -0.2) is 4.39 Å². The van der Waals surface area contributed by atoms with Crippen molar-refractivity contribution in [2.75, 3.05) is 7.11 Å². The molecule has 0 aliphatic rings. The summed E-state index contributed by atoms with van der Waals surface area (Å²) in [5.41, 5.74) is -0.133. The lowest BCUT2D eigenvalue weighted by atomic mass is 10.2. The van der Waals surface area contributed by atoms with E-state index >= 15 is 0 Å². The molecule has 0 spiro atoms. The second kappa shape index (κ2) is 6.25. The van der Waals surface area contributed by atoms with E-state index in [2.05, 4.69) is 31.9 Å². The minimum absolute atomic E-state index is 0.133. The molecule has 0 unspecified atom stereocenters. The number of hydrogen-bond acceptors (Lipinski definition) is 3. The summed E-state index contributed by atoms with van der Waals surface area (Å²) < 4.78 is 25.6. The van der Waals surface area contributed by atoms with Crippen LogP contribution in [0, 0.1) is 17.1 Å². The van der Waals surface area contributed by atoms with E-state index < -0.39 is 5.82 Å². The minimum atomic E-state index is -0.617. The molecule has 0 saturated heterocycles. The Labute approximate surface area is 132 Å². The molecule has 0 aliphatic carbocycles. The van der Waals surface area contributed by atoms with Crippen LogP contribution in [0.1, 0.15) is 5.56 Å². The van der Waals surface area contributed by atoms with Crippen LogP contribution in [0.4, 0.5) is 4.39 Å². The average Bonchev–Trinajstić information content (AvgIpc) is 2.42. The molecule has 0 radical (unpaired) electrons. The molecule has 0 aromatic heterocycles. The molecule has 2 rings (SSSR count). The highest BCUT2D eigenvalue weighted by atomic mass is 79.9. The van der Waals surface area contributed by atoms with Gasteiger partial charge >= 0.3 is 0 Å². The minimum Gasteiger partial charge on any atom is -0.496 e. The van der Waals surface area contributed by atoms with Crippen molar-refractivity contribution in [3.8, 4) is 23.3 Å². The van der Waals surface area contributed by atoms with Crippen LogP contribution in [-0.4, -0.2) is 7.11 Å². The Morgan fingerprint density at radius 1 is 1.10 bits per heavy atom. The summed E-state index contributed by atoms with van der Waals surface area (Å²) in [6, 6.07) is 9.41. The third-order valence-electron chi connectivity index (χ3n) is 2.51. The molecule has 102 valence electrons. The smallest absolute Gasteiger partial charge is 0.148 e. The number of nitrogens with zero attached hydrogens (tertiary/aromatic N) is 1. The number of ether oxygens (including phenoxy) is 2. The maximum atomic E-state index is 13.5. The topological polar surface area (TPSA) is 42.2 Å². The molecule has 3 nitrogen and oxygen atoms in total. The van der Waals surface area contributed by atoms with Gasteiger partial charge in [0.15, 0.2) is 0 Å². The van der Waals surface area contributed by atoms with Crippen LogP contribution in [0.3, 0.4) is 0 Å². The molecule has 0 fully saturated rings.